The Morgan fingerprint density at radius 1 is 1.08 bits per heavy atom. The fourth-order valence-corrected chi connectivity index (χ4v) is 3.12. The van der Waals surface area contributed by atoms with E-state index in [0.29, 0.717) is 17.7 Å². The zero-order valence-corrected chi connectivity index (χ0v) is 14.1. The van der Waals surface area contributed by atoms with E-state index in [1.807, 2.05) is 0 Å². The predicted octanol–water partition coefficient (Wildman–Crippen LogP) is 1.33. The van der Waals surface area contributed by atoms with E-state index in [4.69, 9.17) is 0 Å². The van der Waals surface area contributed by atoms with Gasteiger partial charge < -0.3 is 5.32 Å². The molecule has 0 fully saturated rings. The topological polar surface area (TPSA) is 102 Å². The molecule has 8 nitrogen and oxygen atoms in total. The standard InChI is InChI=1S/C15H14F2N6O2S/c16-12-3-2-11(8-13(12)17)26(24,25)22-6-5-18-14-9-15(20-10-19-14)23-7-1-4-21-23/h1-4,7-10,22H,5-6H2,(H,18,19,20). The van der Waals surface area contributed by atoms with Crippen LogP contribution < -0.4 is 10.0 Å². The number of hydrogen-bond donors (Lipinski definition) is 2. The van der Waals surface area contributed by atoms with Gasteiger partial charge in [-0.15, -0.1) is 0 Å². The maximum atomic E-state index is 13.2. The summed E-state index contributed by atoms with van der Waals surface area (Å²) in [4.78, 5) is 7.76. The van der Waals surface area contributed by atoms with Gasteiger partial charge in [-0.2, -0.15) is 5.10 Å². The van der Waals surface area contributed by atoms with Crippen LogP contribution in [-0.4, -0.2) is 41.3 Å². The van der Waals surface area contributed by atoms with Gasteiger partial charge in [0, 0.05) is 31.5 Å². The smallest absolute Gasteiger partial charge is 0.240 e. The minimum atomic E-state index is -3.94. The van der Waals surface area contributed by atoms with Gasteiger partial charge in [-0.3, -0.25) is 0 Å². The molecule has 2 aromatic heterocycles. The molecule has 0 atom stereocenters. The van der Waals surface area contributed by atoms with Crippen molar-refractivity contribution in [3.8, 4) is 5.82 Å². The molecule has 0 radical (unpaired) electrons. The lowest BCUT2D eigenvalue weighted by atomic mass is 10.3. The summed E-state index contributed by atoms with van der Waals surface area (Å²) in [6.45, 7) is 0.237. The van der Waals surface area contributed by atoms with Crippen LogP contribution in [0.2, 0.25) is 0 Å². The molecule has 0 unspecified atom stereocenters. The Labute approximate surface area is 148 Å². The lowest BCUT2D eigenvalue weighted by Gasteiger charge is -2.09. The fraction of sp³-hybridized carbons (Fsp3) is 0.133. The van der Waals surface area contributed by atoms with E-state index in [1.165, 1.54) is 6.33 Å². The molecule has 0 amide bonds. The van der Waals surface area contributed by atoms with Crippen molar-refractivity contribution >= 4 is 15.8 Å². The Balaban J connectivity index is 1.57. The molecule has 0 bridgehead atoms. The van der Waals surface area contributed by atoms with Gasteiger partial charge in [0.1, 0.15) is 12.1 Å². The van der Waals surface area contributed by atoms with Gasteiger partial charge in [0.05, 0.1) is 4.90 Å². The van der Waals surface area contributed by atoms with Crippen molar-refractivity contribution in [3.05, 3.63) is 60.7 Å². The van der Waals surface area contributed by atoms with Crippen molar-refractivity contribution in [2.45, 2.75) is 4.90 Å². The number of hydrogen-bond acceptors (Lipinski definition) is 6. The van der Waals surface area contributed by atoms with Crippen molar-refractivity contribution in [1.29, 1.82) is 0 Å². The number of benzene rings is 1. The van der Waals surface area contributed by atoms with Crippen molar-refractivity contribution in [3.63, 3.8) is 0 Å². The van der Waals surface area contributed by atoms with E-state index in [-0.39, 0.29) is 18.0 Å². The second-order valence-electron chi connectivity index (χ2n) is 5.11. The first-order valence-electron chi connectivity index (χ1n) is 7.46. The largest absolute Gasteiger partial charge is 0.369 e. The summed E-state index contributed by atoms with van der Waals surface area (Å²) in [7, 11) is -3.94. The lowest BCUT2D eigenvalue weighted by molar-refractivity contribution is 0.504. The summed E-state index contributed by atoms with van der Waals surface area (Å²) < 4.78 is 54.0. The highest BCUT2D eigenvalue weighted by Gasteiger charge is 2.15. The summed E-state index contributed by atoms with van der Waals surface area (Å²) in [5.74, 6) is -1.30. The average Bonchev–Trinajstić information content (AvgIpc) is 3.16. The van der Waals surface area contributed by atoms with Crippen LogP contribution in [0.3, 0.4) is 0 Å². The molecule has 2 N–H and O–H groups in total. The number of sulfonamides is 1. The molecule has 0 spiro atoms. The van der Waals surface area contributed by atoms with Gasteiger partial charge in [-0.1, -0.05) is 0 Å². The second kappa shape index (κ2) is 7.54. The van der Waals surface area contributed by atoms with Gasteiger partial charge in [0.2, 0.25) is 10.0 Å². The third-order valence-electron chi connectivity index (χ3n) is 3.32. The van der Waals surface area contributed by atoms with Crippen molar-refractivity contribution in [2.24, 2.45) is 0 Å². The molecule has 136 valence electrons. The normalized spacial score (nSPS) is 11.5. The number of anilines is 1. The molecule has 0 aliphatic rings. The van der Waals surface area contributed by atoms with E-state index < -0.39 is 21.7 Å². The Hall–Kier alpha value is -2.92. The monoisotopic (exact) mass is 380 g/mol. The van der Waals surface area contributed by atoms with E-state index >= 15 is 0 Å². The van der Waals surface area contributed by atoms with Crippen LogP contribution in [-0.2, 0) is 10.0 Å². The highest BCUT2D eigenvalue weighted by atomic mass is 32.2. The summed E-state index contributed by atoms with van der Waals surface area (Å²) >= 11 is 0. The first-order chi connectivity index (χ1) is 12.5. The van der Waals surface area contributed by atoms with Crippen LogP contribution in [0.1, 0.15) is 0 Å². The molecule has 1 aromatic carbocycles. The molecule has 0 saturated heterocycles. The minimum absolute atomic E-state index is 0.0163. The lowest BCUT2D eigenvalue weighted by Crippen LogP contribution is -2.29. The summed E-state index contributed by atoms with van der Waals surface area (Å²) in [6, 6.07) is 5.79. The van der Waals surface area contributed by atoms with Crippen LogP contribution in [0.15, 0.2) is 53.9 Å². The third kappa shape index (κ3) is 4.18. The maximum Gasteiger partial charge on any atom is 0.240 e. The van der Waals surface area contributed by atoms with Gasteiger partial charge >= 0.3 is 0 Å². The first-order valence-corrected chi connectivity index (χ1v) is 8.95. The summed E-state index contributed by atoms with van der Waals surface area (Å²) in [5.41, 5.74) is 0. The molecule has 3 rings (SSSR count). The molecule has 0 saturated carbocycles. The average molecular weight is 380 g/mol. The fourth-order valence-electron chi connectivity index (χ4n) is 2.08. The Morgan fingerprint density at radius 3 is 2.65 bits per heavy atom. The van der Waals surface area contributed by atoms with Crippen LogP contribution in [0.5, 0.6) is 0 Å². The molecule has 3 aromatic rings. The highest BCUT2D eigenvalue weighted by molar-refractivity contribution is 7.89. The molecule has 26 heavy (non-hydrogen) atoms. The van der Waals surface area contributed by atoms with Crippen LogP contribution in [0, 0.1) is 11.6 Å². The maximum absolute atomic E-state index is 13.2. The SMILES string of the molecule is O=S(=O)(NCCNc1cc(-n2cccn2)ncn1)c1ccc(F)c(F)c1. The molecular weight excluding hydrogens is 366 g/mol. The van der Waals surface area contributed by atoms with Gasteiger partial charge in [0.25, 0.3) is 0 Å². The molecule has 11 heteroatoms. The van der Waals surface area contributed by atoms with Crippen LogP contribution in [0.25, 0.3) is 5.82 Å². The Morgan fingerprint density at radius 2 is 1.92 bits per heavy atom. The predicted molar refractivity (Wildman–Crippen MR) is 89.2 cm³/mol. The number of nitrogens with zero attached hydrogens (tertiary/aromatic N) is 4. The second-order valence-corrected chi connectivity index (χ2v) is 6.88. The van der Waals surface area contributed by atoms with Crippen LogP contribution >= 0.6 is 0 Å². The van der Waals surface area contributed by atoms with Gasteiger partial charge in [-0.25, -0.2) is 36.6 Å². The quantitative estimate of drug-likeness (QED) is 0.600. The number of aromatic nitrogens is 4. The number of rotatable bonds is 7. The number of halogens is 2. The van der Waals surface area contributed by atoms with Gasteiger partial charge in [-0.05, 0) is 24.3 Å². The third-order valence-corrected chi connectivity index (χ3v) is 4.78. The zero-order chi connectivity index (χ0) is 18.6. The summed E-state index contributed by atoms with van der Waals surface area (Å²) in [6.07, 6.45) is 4.69. The molecule has 0 aliphatic carbocycles. The highest BCUT2D eigenvalue weighted by Crippen LogP contribution is 2.13. The Bertz CT molecular complexity index is 995. The first kappa shape index (κ1) is 17.9. The van der Waals surface area contributed by atoms with Crippen molar-refractivity contribution in [1.82, 2.24) is 24.5 Å². The Kier molecular flexibility index (Phi) is 5.19. The zero-order valence-electron chi connectivity index (χ0n) is 13.3. The van der Waals surface area contributed by atoms with E-state index in [9.17, 15) is 17.2 Å². The molecular formula is C15H14F2N6O2S. The van der Waals surface area contributed by atoms with Crippen molar-refractivity contribution < 1.29 is 17.2 Å². The minimum Gasteiger partial charge on any atom is -0.369 e. The van der Waals surface area contributed by atoms with E-state index in [0.717, 1.165) is 12.1 Å². The van der Waals surface area contributed by atoms with Crippen LogP contribution in [0.4, 0.5) is 14.6 Å². The van der Waals surface area contributed by atoms with Crippen molar-refractivity contribution in [2.75, 3.05) is 18.4 Å². The number of nitrogens with one attached hydrogen (secondary N) is 2. The van der Waals surface area contributed by atoms with E-state index in [2.05, 4.69) is 25.1 Å². The van der Waals surface area contributed by atoms with Gasteiger partial charge in [0.15, 0.2) is 17.5 Å². The molecule has 0 aliphatic heterocycles. The van der Waals surface area contributed by atoms with E-state index in [1.54, 1.807) is 29.2 Å². The molecule has 2 heterocycles. The summed E-state index contributed by atoms with van der Waals surface area (Å²) in [5, 5.41) is 6.99.